The number of nitrogens with zero attached hydrogens (tertiary/aromatic N) is 6. The molecule has 1 aromatic carbocycles. The summed E-state index contributed by atoms with van der Waals surface area (Å²) in [7, 11) is 1.66. The smallest absolute Gasteiger partial charge is 0.254 e. The molecule has 0 atom stereocenters. The molecule has 3 aromatic rings. The van der Waals surface area contributed by atoms with E-state index in [0.29, 0.717) is 18.1 Å². The number of rotatable bonds is 6. The minimum absolute atomic E-state index is 0.299. The normalized spacial score (nSPS) is 17.3. The molecule has 3 heterocycles. The number of hydrogen-bond acceptors (Lipinski definition) is 6. The number of aromatic nitrogens is 4. The SMILES string of the molecule is COc1ccc(-c2cnc3ncnn3c2N2CCN(C(=O)CCC3CCCC3)CC2)cc1. The van der Waals surface area contributed by atoms with Crippen molar-refractivity contribution >= 4 is 17.5 Å². The van der Waals surface area contributed by atoms with Gasteiger partial charge in [0.25, 0.3) is 5.78 Å². The third-order valence-corrected chi connectivity index (χ3v) is 6.85. The second kappa shape index (κ2) is 9.14. The Kier molecular flexibility index (Phi) is 5.92. The van der Waals surface area contributed by atoms with Crippen LogP contribution in [0.15, 0.2) is 36.8 Å². The molecule has 2 aromatic heterocycles. The molecule has 0 N–H and O–H groups in total. The van der Waals surface area contributed by atoms with Crippen molar-refractivity contribution in [1.82, 2.24) is 24.5 Å². The molecule has 5 rings (SSSR count). The van der Waals surface area contributed by atoms with E-state index in [2.05, 4.69) is 20.0 Å². The molecular formula is C24H30N6O2. The van der Waals surface area contributed by atoms with E-state index in [4.69, 9.17) is 4.74 Å². The van der Waals surface area contributed by atoms with Gasteiger partial charge in [-0.2, -0.15) is 14.6 Å². The predicted octanol–water partition coefficient (Wildman–Crippen LogP) is 3.42. The van der Waals surface area contributed by atoms with E-state index in [9.17, 15) is 4.79 Å². The summed E-state index contributed by atoms with van der Waals surface area (Å²) in [6, 6.07) is 7.97. The Hall–Kier alpha value is -3.16. The van der Waals surface area contributed by atoms with Gasteiger partial charge >= 0.3 is 0 Å². The van der Waals surface area contributed by atoms with Gasteiger partial charge in [-0.15, -0.1) is 0 Å². The molecule has 8 nitrogen and oxygen atoms in total. The van der Waals surface area contributed by atoms with Crippen molar-refractivity contribution < 1.29 is 9.53 Å². The standard InChI is InChI=1S/C24H30N6O2/c1-32-20-9-7-19(8-10-20)21-16-25-24-26-17-27-30(24)23(21)29-14-12-28(13-15-29)22(31)11-6-18-4-2-3-5-18/h7-10,16-18H,2-6,11-15H2,1H3. The van der Waals surface area contributed by atoms with Crippen LogP contribution in [0.2, 0.25) is 0 Å². The largest absolute Gasteiger partial charge is 0.497 e. The van der Waals surface area contributed by atoms with Crippen LogP contribution in [0.1, 0.15) is 38.5 Å². The number of methoxy groups -OCH3 is 1. The second-order valence-corrected chi connectivity index (χ2v) is 8.75. The number of anilines is 1. The first kappa shape index (κ1) is 20.7. The third-order valence-electron chi connectivity index (χ3n) is 6.85. The van der Waals surface area contributed by atoms with Crippen molar-refractivity contribution in [1.29, 1.82) is 0 Å². The van der Waals surface area contributed by atoms with Gasteiger partial charge in [0.2, 0.25) is 5.91 Å². The lowest BCUT2D eigenvalue weighted by molar-refractivity contribution is -0.131. The summed E-state index contributed by atoms with van der Waals surface area (Å²) in [5.41, 5.74) is 2.03. The van der Waals surface area contributed by atoms with Gasteiger partial charge < -0.3 is 14.5 Å². The average molecular weight is 435 g/mol. The van der Waals surface area contributed by atoms with Crippen molar-refractivity contribution in [3.63, 3.8) is 0 Å². The number of amides is 1. The topological polar surface area (TPSA) is 75.9 Å². The fourth-order valence-electron chi connectivity index (χ4n) is 5.00. The fourth-order valence-corrected chi connectivity index (χ4v) is 5.00. The average Bonchev–Trinajstić information content (AvgIpc) is 3.54. The number of piperazine rings is 1. The molecular weight excluding hydrogens is 404 g/mol. The molecule has 2 fully saturated rings. The van der Waals surface area contributed by atoms with E-state index in [1.165, 1.54) is 32.0 Å². The molecule has 32 heavy (non-hydrogen) atoms. The number of hydrogen-bond donors (Lipinski definition) is 0. The van der Waals surface area contributed by atoms with Crippen LogP contribution in [0.25, 0.3) is 16.9 Å². The quantitative estimate of drug-likeness (QED) is 0.592. The van der Waals surface area contributed by atoms with Crippen molar-refractivity contribution in [2.75, 3.05) is 38.2 Å². The van der Waals surface area contributed by atoms with Crippen LogP contribution in [0, 0.1) is 5.92 Å². The van der Waals surface area contributed by atoms with Gasteiger partial charge in [-0.25, -0.2) is 4.98 Å². The van der Waals surface area contributed by atoms with Crippen molar-refractivity contribution in [3.05, 3.63) is 36.8 Å². The van der Waals surface area contributed by atoms with E-state index >= 15 is 0 Å². The number of fused-ring (bicyclic) bond motifs is 1. The molecule has 8 heteroatoms. The van der Waals surface area contributed by atoms with Crippen LogP contribution in [0.5, 0.6) is 5.75 Å². The van der Waals surface area contributed by atoms with Crippen LogP contribution in [0.4, 0.5) is 5.82 Å². The van der Waals surface area contributed by atoms with Crippen molar-refractivity contribution in [2.45, 2.75) is 38.5 Å². The maximum atomic E-state index is 12.8. The minimum atomic E-state index is 0.299. The summed E-state index contributed by atoms with van der Waals surface area (Å²) in [5.74, 6) is 3.41. The highest BCUT2D eigenvalue weighted by Crippen LogP contribution is 2.32. The first-order chi connectivity index (χ1) is 15.7. The van der Waals surface area contributed by atoms with E-state index in [1.807, 2.05) is 35.4 Å². The van der Waals surface area contributed by atoms with Gasteiger partial charge in [0.15, 0.2) is 0 Å². The van der Waals surface area contributed by atoms with Crippen LogP contribution in [0.3, 0.4) is 0 Å². The summed E-state index contributed by atoms with van der Waals surface area (Å²) in [6.07, 6.45) is 10.4. The maximum absolute atomic E-state index is 12.8. The first-order valence-electron chi connectivity index (χ1n) is 11.6. The number of benzene rings is 1. The minimum Gasteiger partial charge on any atom is -0.497 e. The zero-order chi connectivity index (χ0) is 21.9. The van der Waals surface area contributed by atoms with Crippen molar-refractivity contribution in [2.24, 2.45) is 5.92 Å². The summed E-state index contributed by atoms with van der Waals surface area (Å²) in [6.45, 7) is 2.97. The lowest BCUT2D eigenvalue weighted by Crippen LogP contribution is -2.49. The molecule has 0 spiro atoms. The second-order valence-electron chi connectivity index (χ2n) is 8.75. The number of ether oxygens (including phenoxy) is 1. The van der Waals surface area contributed by atoms with Gasteiger partial charge in [-0.3, -0.25) is 4.79 Å². The van der Waals surface area contributed by atoms with Gasteiger partial charge in [0.05, 0.1) is 7.11 Å². The molecule has 0 unspecified atom stereocenters. The monoisotopic (exact) mass is 434 g/mol. The van der Waals surface area contributed by atoms with E-state index in [0.717, 1.165) is 61.2 Å². The van der Waals surface area contributed by atoms with Crippen LogP contribution < -0.4 is 9.64 Å². The lowest BCUT2D eigenvalue weighted by Gasteiger charge is -2.37. The Balaban J connectivity index is 1.33. The summed E-state index contributed by atoms with van der Waals surface area (Å²) in [4.78, 5) is 25.9. The Labute approximate surface area is 188 Å². The van der Waals surface area contributed by atoms with Crippen LogP contribution in [-0.2, 0) is 4.79 Å². The van der Waals surface area contributed by atoms with Crippen LogP contribution >= 0.6 is 0 Å². The summed E-state index contributed by atoms with van der Waals surface area (Å²) < 4.78 is 7.11. The number of carbonyl (C=O) groups excluding carboxylic acids is 1. The summed E-state index contributed by atoms with van der Waals surface area (Å²) in [5, 5.41) is 4.44. The molecule has 1 amide bonds. The maximum Gasteiger partial charge on any atom is 0.254 e. The van der Waals surface area contributed by atoms with Gasteiger partial charge in [-0.05, 0) is 30.0 Å². The first-order valence-corrected chi connectivity index (χ1v) is 11.6. The predicted molar refractivity (Wildman–Crippen MR) is 123 cm³/mol. The highest BCUT2D eigenvalue weighted by Gasteiger charge is 2.26. The van der Waals surface area contributed by atoms with Gasteiger partial charge in [0, 0.05) is 44.4 Å². The fraction of sp³-hybridized carbons (Fsp3) is 0.500. The highest BCUT2D eigenvalue weighted by atomic mass is 16.5. The zero-order valence-electron chi connectivity index (χ0n) is 18.6. The molecule has 1 aliphatic carbocycles. The highest BCUT2D eigenvalue weighted by molar-refractivity contribution is 5.79. The van der Waals surface area contributed by atoms with Crippen molar-refractivity contribution in [3.8, 4) is 16.9 Å². The zero-order valence-corrected chi connectivity index (χ0v) is 18.6. The Morgan fingerprint density at radius 2 is 1.81 bits per heavy atom. The van der Waals surface area contributed by atoms with Gasteiger partial charge in [-0.1, -0.05) is 37.8 Å². The van der Waals surface area contributed by atoms with E-state index in [1.54, 1.807) is 11.6 Å². The molecule has 0 radical (unpaired) electrons. The Morgan fingerprint density at radius 3 is 2.53 bits per heavy atom. The molecule has 2 aliphatic rings. The molecule has 168 valence electrons. The molecule has 1 aliphatic heterocycles. The molecule has 0 bridgehead atoms. The Morgan fingerprint density at radius 1 is 1.06 bits per heavy atom. The molecule has 1 saturated heterocycles. The number of carbonyl (C=O) groups is 1. The molecule has 1 saturated carbocycles. The van der Waals surface area contributed by atoms with Gasteiger partial charge in [0.1, 0.15) is 17.9 Å². The van der Waals surface area contributed by atoms with E-state index in [-0.39, 0.29) is 0 Å². The van der Waals surface area contributed by atoms with Crippen LogP contribution in [-0.4, -0.2) is 63.7 Å². The third kappa shape index (κ3) is 4.13. The Bertz CT molecular complexity index is 1070. The summed E-state index contributed by atoms with van der Waals surface area (Å²) >= 11 is 0. The van der Waals surface area contributed by atoms with E-state index < -0.39 is 0 Å². The lowest BCUT2D eigenvalue weighted by atomic mass is 10.0.